The Bertz CT molecular complexity index is 1420. The third-order valence-corrected chi connectivity index (χ3v) is 6.82. The first-order valence-corrected chi connectivity index (χ1v) is 13.0. The maximum absolute atomic E-state index is 13.9. The molecule has 7 heteroatoms. The summed E-state index contributed by atoms with van der Waals surface area (Å²) in [7, 11) is 1.58. The number of benzene rings is 3. The van der Waals surface area contributed by atoms with Crippen LogP contribution in [0.25, 0.3) is 16.6 Å². The molecule has 36 heavy (non-hydrogen) atoms. The molecule has 0 radical (unpaired) electrons. The largest absolute Gasteiger partial charge is 0.495 e. The molecule has 1 heterocycles. The Morgan fingerprint density at radius 1 is 1.03 bits per heavy atom. The number of ether oxygens (including phenoxy) is 1. The minimum absolute atomic E-state index is 0.0863. The molecular weight excluding hydrogens is 518 g/mol. The quantitative estimate of drug-likeness (QED) is 0.238. The molecule has 4 rings (SSSR count). The Labute approximate surface area is 219 Å². The van der Waals surface area contributed by atoms with Crippen molar-refractivity contribution in [3.8, 4) is 11.4 Å². The molecule has 1 amide bonds. The first kappa shape index (κ1) is 25.6. The van der Waals surface area contributed by atoms with Crippen LogP contribution in [0.1, 0.15) is 55.3 Å². The van der Waals surface area contributed by atoms with Crippen molar-refractivity contribution in [3.05, 3.63) is 99.0 Å². The van der Waals surface area contributed by atoms with Gasteiger partial charge in [-0.25, -0.2) is 4.98 Å². The number of hydrogen-bond acceptors (Lipinski definition) is 4. The Morgan fingerprint density at radius 3 is 2.42 bits per heavy atom. The van der Waals surface area contributed by atoms with Crippen molar-refractivity contribution in [1.82, 2.24) is 14.5 Å². The molecule has 0 spiro atoms. The Kier molecular flexibility index (Phi) is 8.21. The van der Waals surface area contributed by atoms with Crippen LogP contribution >= 0.6 is 15.9 Å². The van der Waals surface area contributed by atoms with Crippen LogP contribution < -0.4 is 10.3 Å². The van der Waals surface area contributed by atoms with Crippen molar-refractivity contribution in [3.63, 3.8) is 0 Å². The van der Waals surface area contributed by atoms with E-state index in [2.05, 4.69) is 22.9 Å². The lowest BCUT2D eigenvalue weighted by molar-refractivity contribution is 0.0656. The highest BCUT2D eigenvalue weighted by atomic mass is 79.9. The van der Waals surface area contributed by atoms with Gasteiger partial charge in [0.25, 0.3) is 11.5 Å². The number of methoxy groups -OCH3 is 1. The summed E-state index contributed by atoms with van der Waals surface area (Å²) < 4.78 is 8.14. The van der Waals surface area contributed by atoms with E-state index < -0.39 is 6.04 Å². The smallest absolute Gasteiger partial charge is 0.266 e. The summed E-state index contributed by atoms with van der Waals surface area (Å²) >= 11 is 3.45. The Hall–Kier alpha value is -3.45. The molecule has 0 saturated heterocycles. The number of carbonyl (C=O) groups excluding carboxylic acids is 1. The molecule has 6 nitrogen and oxygen atoms in total. The molecule has 0 bridgehead atoms. The summed E-state index contributed by atoms with van der Waals surface area (Å²) in [5, 5.41) is 0.515. The van der Waals surface area contributed by atoms with Crippen molar-refractivity contribution < 1.29 is 9.53 Å². The summed E-state index contributed by atoms with van der Waals surface area (Å²) in [4.78, 5) is 34.6. The third-order valence-electron chi connectivity index (χ3n) is 6.29. The summed E-state index contributed by atoms with van der Waals surface area (Å²) in [6.07, 6.45) is 2.36. The number of unbranched alkanes of at least 4 members (excludes halogenated alkanes) is 1. The highest BCUT2D eigenvalue weighted by molar-refractivity contribution is 9.10. The maximum Gasteiger partial charge on any atom is 0.266 e. The van der Waals surface area contributed by atoms with E-state index in [0.717, 1.165) is 17.3 Å². The van der Waals surface area contributed by atoms with Crippen LogP contribution in [0.3, 0.4) is 0 Å². The summed E-state index contributed by atoms with van der Waals surface area (Å²) in [6, 6.07) is 21.7. The summed E-state index contributed by atoms with van der Waals surface area (Å²) in [5.41, 5.74) is 1.61. The zero-order valence-corrected chi connectivity index (χ0v) is 22.4. The zero-order valence-electron chi connectivity index (χ0n) is 20.8. The van der Waals surface area contributed by atoms with E-state index in [1.165, 1.54) is 0 Å². The molecule has 1 aromatic heterocycles. The van der Waals surface area contributed by atoms with Crippen molar-refractivity contribution in [2.24, 2.45) is 0 Å². The second-order valence-electron chi connectivity index (χ2n) is 8.58. The van der Waals surface area contributed by atoms with Gasteiger partial charge in [0.1, 0.15) is 11.6 Å². The number of para-hydroxylation sites is 3. The SMILES string of the molecule is CCCCN(C(=O)c1ccc(Br)cc1)C(CC)c1nc2ccccc2c(=O)n1-c1ccccc1OC. The Morgan fingerprint density at radius 2 is 1.72 bits per heavy atom. The van der Waals surface area contributed by atoms with Gasteiger partial charge in [-0.1, -0.05) is 60.5 Å². The van der Waals surface area contributed by atoms with Crippen LogP contribution in [-0.2, 0) is 0 Å². The van der Waals surface area contributed by atoms with E-state index in [9.17, 15) is 9.59 Å². The van der Waals surface area contributed by atoms with E-state index >= 15 is 0 Å². The molecule has 0 fully saturated rings. The number of nitrogens with zero attached hydrogens (tertiary/aromatic N) is 3. The first-order valence-electron chi connectivity index (χ1n) is 12.2. The fourth-order valence-corrected chi connectivity index (χ4v) is 4.71. The van der Waals surface area contributed by atoms with Gasteiger partial charge in [0, 0.05) is 16.6 Å². The van der Waals surface area contributed by atoms with E-state index in [-0.39, 0.29) is 11.5 Å². The van der Waals surface area contributed by atoms with E-state index in [1.54, 1.807) is 17.7 Å². The summed E-state index contributed by atoms with van der Waals surface area (Å²) in [5.74, 6) is 0.996. The molecule has 3 aromatic carbocycles. The average molecular weight is 548 g/mol. The number of carbonyl (C=O) groups is 1. The Balaban J connectivity index is 1.96. The van der Waals surface area contributed by atoms with Crippen molar-refractivity contribution in [1.29, 1.82) is 0 Å². The lowest BCUT2D eigenvalue weighted by Crippen LogP contribution is -2.39. The molecule has 4 aromatic rings. The zero-order chi connectivity index (χ0) is 25.7. The van der Waals surface area contributed by atoms with Gasteiger partial charge in [-0.15, -0.1) is 0 Å². The van der Waals surface area contributed by atoms with Gasteiger partial charge in [0.2, 0.25) is 0 Å². The average Bonchev–Trinajstić information content (AvgIpc) is 2.91. The van der Waals surface area contributed by atoms with E-state index in [0.29, 0.717) is 46.7 Å². The molecule has 0 saturated carbocycles. The second-order valence-corrected chi connectivity index (χ2v) is 9.50. The predicted octanol–water partition coefficient (Wildman–Crippen LogP) is 6.55. The van der Waals surface area contributed by atoms with Gasteiger partial charge in [0.05, 0.1) is 29.7 Å². The topological polar surface area (TPSA) is 64.4 Å². The fraction of sp³-hybridized carbons (Fsp3) is 0.276. The van der Waals surface area contributed by atoms with Crippen LogP contribution in [0.15, 0.2) is 82.1 Å². The lowest BCUT2D eigenvalue weighted by atomic mass is 10.1. The fourth-order valence-electron chi connectivity index (χ4n) is 4.45. The minimum atomic E-state index is -0.421. The molecule has 1 unspecified atom stereocenters. The van der Waals surface area contributed by atoms with Gasteiger partial charge in [0.15, 0.2) is 0 Å². The van der Waals surface area contributed by atoms with Crippen LogP contribution in [0.2, 0.25) is 0 Å². The van der Waals surface area contributed by atoms with Crippen LogP contribution in [0, 0.1) is 0 Å². The molecule has 0 aliphatic rings. The van der Waals surface area contributed by atoms with E-state index in [4.69, 9.17) is 9.72 Å². The molecule has 0 N–H and O–H groups in total. The van der Waals surface area contributed by atoms with Crippen molar-refractivity contribution in [2.45, 2.75) is 39.2 Å². The number of hydrogen-bond donors (Lipinski definition) is 0. The van der Waals surface area contributed by atoms with Gasteiger partial charge in [-0.2, -0.15) is 0 Å². The first-order chi connectivity index (χ1) is 17.5. The molecule has 0 aliphatic carbocycles. The second kappa shape index (κ2) is 11.5. The van der Waals surface area contributed by atoms with Crippen LogP contribution in [0.5, 0.6) is 5.75 Å². The monoisotopic (exact) mass is 547 g/mol. The lowest BCUT2D eigenvalue weighted by Gasteiger charge is -2.32. The normalized spacial score (nSPS) is 11.9. The number of aromatic nitrogens is 2. The van der Waals surface area contributed by atoms with Gasteiger partial charge >= 0.3 is 0 Å². The third kappa shape index (κ3) is 5.07. The van der Waals surface area contributed by atoms with Crippen LogP contribution in [-0.4, -0.2) is 34.0 Å². The van der Waals surface area contributed by atoms with Gasteiger partial charge in [-0.05, 0) is 61.4 Å². The molecule has 186 valence electrons. The highest BCUT2D eigenvalue weighted by Crippen LogP contribution is 2.30. The highest BCUT2D eigenvalue weighted by Gasteiger charge is 2.30. The predicted molar refractivity (Wildman–Crippen MR) is 147 cm³/mol. The standard InChI is InChI=1S/C29H30BrN3O3/c1-4-6-19-32(28(34)20-15-17-21(30)18-16-20)24(5-2)27-31-23-12-8-7-11-22(23)29(35)33(27)25-13-9-10-14-26(25)36-3/h7-18,24H,4-6,19H2,1-3H3. The van der Waals surface area contributed by atoms with E-state index in [1.807, 2.05) is 78.6 Å². The number of amides is 1. The van der Waals surface area contributed by atoms with Gasteiger partial charge < -0.3 is 9.64 Å². The minimum Gasteiger partial charge on any atom is -0.495 e. The van der Waals surface area contributed by atoms with Gasteiger partial charge in [-0.3, -0.25) is 14.2 Å². The molecular formula is C29H30BrN3O3. The number of rotatable bonds is 9. The summed E-state index contributed by atoms with van der Waals surface area (Å²) in [6.45, 7) is 4.67. The maximum atomic E-state index is 13.9. The number of halogens is 1. The van der Waals surface area contributed by atoms with Crippen molar-refractivity contribution >= 4 is 32.7 Å². The van der Waals surface area contributed by atoms with Crippen molar-refractivity contribution in [2.75, 3.05) is 13.7 Å². The molecule has 1 atom stereocenters. The molecule has 0 aliphatic heterocycles. The van der Waals surface area contributed by atoms with Crippen LogP contribution in [0.4, 0.5) is 0 Å². The number of fused-ring (bicyclic) bond motifs is 1.